The molecule has 1 aromatic heterocycles. The Morgan fingerprint density at radius 3 is 2.46 bits per heavy atom. The Balaban J connectivity index is 1.95. The van der Waals surface area contributed by atoms with E-state index >= 15 is 0 Å². The number of benzene rings is 2. The van der Waals surface area contributed by atoms with Gasteiger partial charge in [0.1, 0.15) is 21.7 Å². The first kappa shape index (κ1) is 16.1. The van der Waals surface area contributed by atoms with Gasteiger partial charge in [0.15, 0.2) is 16.8 Å². The maximum atomic E-state index is 13.2. The molecule has 8 heteroatoms. The Labute approximate surface area is 139 Å². The van der Waals surface area contributed by atoms with Crippen LogP contribution < -0.4 is 14.8 Å². The number of hydrogen-bond acceptors (Lipinski definition) is 5. The molecule has 0 spiro atoms. The maximum Gasteiger partial charge on any atom is 0.257 e. The lowest BCUT2D eigenvalue weighted by molar-refractivity contribution is 0.102. The van der Waals surface area contributed by atoms with Crippen molar-refractivity contribution in [2.75, 3.05) is 19.5 Å². The van der Waals surface area contributed by atoms with Crippen molar-refractivity contribution in [2.24, 2.45) is 0 Å². The fraction of sp³-hybridized carbons (Fsp3) is 0.125. The molecule has 0 atom stereocenters. The van der Waals surface area contributed by atoms with Gasteiger partial charge < -0.3 is 9.47 Å². The Hall–Kier alpha value is -2.74. The Morgan fingerprint density at radius 1 is 1.08 bits per heavy atom. The number of fused-ring (bicyclic) bond motifs is 1. The molecule has 1 N–H and O–H groups in total. The minimum Gasteiger partial charge on any atom is -0.495 e. The standard InChI is InChI=1S/C16H12F2N2O3S/c1-22-11-5-6-12(23-2)14-13(11)19-16(24-14)20-15(21)8-3-4-9(17)10(18)7-8/h3-7H,1-2H3,(H,19,20,21). The summed E-state index contributed by atoms with van der Waals surface area (Å²) < 4.78 is 37.4. The third kappa shape index (κ3) is 2.88. The van der Waals surface area contributed by atoms with Crippen LogP contribution in [0.25, 0.3) is 10.2 Å². The molecular formula is C16H12F2N2O3S. The zero-order valence-electron chi connectivity index (χ0n) is 12.7. The average Bonchev–Trinajstić information content (AvgIpc) is 2.99. The van der Waals surface area contributed by atoms with Crippen LogP contribution in [0.3, 0.4) is 0 Å². The molecule has 24 heavy (non-hydrogen) atoms. The van der Waals surface area contributed by atoms with Crippen LogP contribution in [0.5, 0.6) is 11.5 Å². The highest BCUT2D eigenvalue weighted by atomic mass is 32.1. The molecule has 0 aliphatic heterocycles. The van der Waals surface area contributed by atoms with E-state index in [0.29, 0.717) is 26.8 Å². The molecule has 124 valence electrons. The van der Waals surface area contributed by atoms with E-state index in [0.717, 1.165) is 12.1 Å². The number of amides is 1. The van der Waals surface area contributed by atoms with Crippen LogP contribution in [-0.2, 0) is 0 Å². The summed E-state index contributed by atoms with van der Waals surface area (Å²) in [5.41, 5.74) is 0.537. The molecule has 0 radical (unpaired) electrons. The fourth-order valence-corrected chi connectivity index (χ4v) is 3.11. The van der Waals surface area contributed by atoms with Crippen LogP contribution in [0.4, 0.5) is 13.9 Å². The van der Waals surface area contributed by atoms with Crippen LogP contribution in [0.2, 0.25) is 0 Å². The van der Waals surface area contributed by atoms with Crippen molar-refractivity contribution in [1.29, 1.82) is 0 Å². The molecule has 0 saturated carbocycles. The summed E-state index contributed by atoms with van der Waals surface area (Å²) in [6, 6.07) is 6.37. The van der Waals surface area contributed by atoms with E-state index in [1.165, 1.54) is 31.6 Å². The van der Waals surface area contributed by atoms with E-state index in [9.17, 15) is 13.6 Å². The van der Waals surface area contributed by atoms with E-state index in [2.05, 4.69) is 10.3 Å². The zero-order chi connectivity index (χ0) is 17.3. The lowest BCUT2D eigenvalue weighted by atomic mass is 10.2. The molecule has 2 aromatic carbocycles. The second kappa shape index (κ2) is 6.40. The number of nitrogens with one attached hydrogen (secondary N) is 1. The van der Waals surface area contributed by atoms with E-state index in [1.54, 1.807) is 12.1 Å². The third-order valence-corrected chi connectivity index (χ3v) is 4.30. The molecule has 0 bridgehead atoms. The van der Waals surface area contributed by atoms with Gasteiger partial charge >= 0.3 is 0 Å². The molecule has 0 saturated heterocycles. The first-order valence-corrected chi connectivity index (χ1v) is 7.63. The SMILES string of the molecule is COc1ccc(OC)c2sc(NC(=O)c3ccc(F)c(F)c3)nc12. The molecular weight excluding hydrogens is 338 g/mol. The van der Waals surface area contributed by atoms with Crippen molar-refractivity contribution in [2.45, 2.75) is 0 Å². The van der Waals surface area contributed by atoms with Crippen molar-refractivity contribution in [1.82, 2.24) is 4.98 Å². The van der Waals surface area contributed by atoms with Gasteiger partial charge in [-0.25, -0.2) is 13.8 Å². The van der Waals surface area contributed by atoms with Crippen LogP contribution in [-0.4, -0.2) is 25.1 Å². The first-order chi connectivity index (χ1) is 11.5. The van der Waals surface area contributed by atoms with Gasteiger partial charge in [0.25, 0.3) is 5.91 Å². The van der Waals surface area contributed by atoms with Crippen molar-refractivity contribution < 1.29 is 23.0 Å². The Morgan fingerprint density at radius 2 is 1.79 bits per heavy atom. The van der Waals surface area contributed by atoms with E-state index in [4.69, 9.17) is 9.47 Å². The van der Waals surface area contributed by atoms with E-state index in [1.807, 2.05) is 0 Å². The summed E-state index contributed by atoms with van der Waals surface area (Å²) in [6.45, 7) is 0. The molecule has 5 nitrogen and oxygen atoms in total. The second-order valence-corrected chi connectivity index (χ2v) is 5.75. The van der Waals surface area contributed by atoms with Crippen molar-refractivity contribution in [3.63, 3.8) is 0 Å². The smallest absolute Gasteiger partial charge is 0.257 e. The van der Waals surface area contributed by atoms with Gasteiger partial charge in [-0.15, -0.1) is 0 Å². The van der Waals surface area contributed by atoms with Gasteiger partial charge in [0.2, 0.25) is 0 Å². The molecule has 0 aliphatic carbocycles. The van der Waals surface area contributed by atoms with Gasteiger partial charge in [-0.05, 0) is 30.3 Å². The fourth-order valence-electron chi connectivity index (χ4n) is 2.15. The molecule has 3 aromatic rings. The molecule has 0 fully saturated rings. The molecule has 0 aliphatic rings. The number of aromatic nitrogens is 1. The van der Waals surface area contributed by atoms with Crippen molar-refractivity contribution in [3.05, 3.63) is 47.5 Å². The summed E-state index contributed by atoms with van der Waals surface area (Å²) >= 11 is 1.19. The molecule has 0 unspecified atom stereocenters. The van der Waals surface area contributed by atoms with E-state index in [-0.39, 0.29) is 5.56 Å². The number of hydrogen-bond donors (Lipinski definition) is 1. The summed E-state index contributed by atoms with van der Waals surface area (Å²) in [5, 5.41) is 2.86. The summed E-state index contributed by atoms with van der Waals surface area (Å²) in [5.74, 6) is -1.56. The quantitative estimate of drug-likeness (QED) is 0.777. The monoisotopic (exact) mass is 350 g/mol. The van der Waals surface area contributed by atoms with Crippen molar-refractivity contribution >= 4 is 32.6 Å². The number of thiazole rings is 1. The highest BCUT2D eigenvalue weighted by Crippen LogP contribution is 2.38. The number of carbonyl (C=O) groups excluding carboxylic acids is 1. The topological polar surface area (TPSA) is 60.5 Å². The van der Waals surface area contributed by atoms with E-state index < -0.39 is 17.5 Å². The van der Waals surface area contributed by atoms with Crippen LogP contribution in [0, 0.1) is 11.6 Å². The van der Waals surface area contributed by atoms with Gasteiger partial charge in [0.05, 0.1) is 14.2 Å². The van der Waals surface area contributed by atoms with Crippen LogP contribution in [0.15, 0.2) is 30.3 Å². The van der Waals surface area contributed by atoms with Crippen LogP contribution in [0.1, 0.15) is 10.4 Å². The highest BCUT2D eigenvalue weighted by molar-refractivity contribution is 7.22. The van der Waals surface area contributed by atoms with Crippen molar-refractivity contribution in [3.8, 4) is 11.5 Å². The average molecular weight is 350 g/mol. The predicted octanol–water partition coefficient (Wildman–Crippen LogP) is 3.84. The van der Waals surface area contributed by atoms with Crippen LogP contribution >= 0.6 is 11.3 Å². The normalized spacial score (nSPS) is 10.7. The van der Waals surface area contributed by atoms with Gasteiger partial charge in [-0.3, -0.25) is 10.1 Å². The van der Waals surface area contributed by atoms with Gasteiger partial charge in [-0.1, -0.05) is 11.3 Å². The number of methoxy groups -OCH3 is 2. The summed E-state index contributed by atoms with van der Waals surface area (Å²) in [4.78, 5) is 16.5. The number of carbonyl (C=O) groups is 1. The van der Waals surface area contributed by atoms with Gasteiger partial charge in [-0.2, -0.15) is 0 Å². The minimum absolute atomic E-state index is 0.00733. The zero-order valence-corrected chi connectivity index (χ0v) is 13.5. The van der Waals surface area contributed by atoms with Gasteiger partial charge in [0, 0.05) is 5.56 Å². The number of halogens is 2. The number of ether oxygens (including phenoxy) is 2. The Kier molecular flexibility index (Phi) is 4.30. The number of rotatable bonds is 4. The molecule has 1 amide bonds. The largest absolute Gasteiger partial charge is 0.495 e. The first-order valence-electron chi connectivity index (χ1n) is 6.81. The predicted molar refractivity (Wildman–Crippen MR) is 87.0 cm³/mol. The third-order valence-electron chi connectivity index (χ3n) is 3.31. The lowest BCUT2D eigenvalue weighted by Gasteiger charge is -2.03. The Bertz CT molecular complexity index is 886. The minimum atomic E-state index is -1.09. The molecule has 3 rings (SSSR count). The second-order valence-electron chi connectivity index (χ2n) is 4.75. The lowest BCUT2D eigenvalue weighted by Crippen LogP contribution is -2.12. The highest BCUT2D eigenvalue weighted by Gasteiger charge is 2.16. The molecule has 1 heterocycles. The summed E-state index contributed by atoms with van der Waals surface area (Å²) in [6.07, 6.45) is 0. The maximum absolute atomic E-state index is 13.2. The number of nitrogens with zero attached hydrogens (tertiary/aromatic N) is 1. The number of anilines is 1. The summed E-state index contributed by atoms with van der Waals surface area (Å²) in [7, 11) is 3.04.